The van der Waals surface area contributed by atoms with E-state index in [1.165, 1.54) is 0 Å². The van der Waals surface area contributed by atoms with E-state index in [2.05, 4.69) is 6.58 Å². The molecule has 0 aromatic carbocycles. The molecule has 0 aromatic heterocycles. The number of aliphatic hydroxyl groups is 1. The average Bonchev–Trinajstić information content (AvgIpc) is 1.85. The van der Waals surface area contributed by atoms with Gasteiger partial charge in [-0.2, -0.15) is 0 Å². The van der Waals surface area contributed by atoms with Crippen LogP contribution >= 0.6 is 0 Å². The molecule has 0 rings (SSSR count). The lowest BCUT2D eigenvalue weighted by Gasteiger charge is -1.99. The molecule has 0 aliphatic rings. The van der Waals surface area contributed by atoms with Crippen LogP contribution in [0.1, 0.15) is 19.8 Å². The summed E-state index contributed by atoms with van der Waals surface area (Å²) in [5, 5.41) is 9.05. The van der Waals surface area contributed by atoms with Crippen molar-refractivity contribution in [2.75, 3.05) is 0 Å². The SMILES string of the molecule is C=CCC[C@H](O)C=CC. The van der Waals surface area contributed by atoms with E-state index in [9.17, 15) is 0 Å². The maximum Gasteiger partial charge on any atom is 0.0723 e. The van der Waals surface area contributed by atoms with Crippen molar-refractivity contribution in [3.8, 4) is 0 Å². The highest BCUT2D eigenvalue weighted by Crippen LogP contribution is 1.97. The van der Waals surface area contributed by atoms with Crippen molar-refractivity contribution in [2.45, 2.75) is 25.9 Å². The van der Waals surface area contributed by atoms with E-state index in [0.29, 0.717) is 0 Å². The smallest absolute Gasteiger partial charge is 0.0723 e. The zero-order chi connectivity index (χ0) is 7.11. The molecule has 1 heteroatoms. The van der Waals surface area contributed by atoms with Gasteiger partial charge in [-0.05, 0) is 19.8 Å². The maximum absolute atomic E-state index is 9.05. The van der Waals surface area contributed by atoms with Gasteiger partial charge >= 0.3 is 0 Å². The zero-order valence-electron chi connectivity index (χ0n) is 5.88. The number of aliphatic hydroxyl groups excluding tert-OH is 1. The summed E-state index contributed by atoms with van der Waals surface area (Å²) in [4.78, 5) is 0. The van der Waals surface area contributed by atoms with Crippen LogP contribution in [0.5, 0.6) is 0 Å². The Morgan fingerprint density at radius 1 is 1.67 bits per heavy atom. The molecule has 0 radical (unpaired) electrons. The predicted molar refractivity (Wildman–Crippen MR) is 40.3 cm³/mol. The fourth-order valence-electron chi connectivity index (χ4n) is 0.607. The van der Waals surface area contributed by atoms with Crippen LogP contribution in [0.25, 0.3) is 0 Å². The largest absolute Gasteiger partial charge is 0.389 e. The third-order valence-electron chi connectivity index (χ3n) is 1.08. The molecule has 0 aliphatic heterocycles. The highest BCUT2D eigenvalue weighted by Gasteiger charge is 1.93. The van der Waals surface area contributed by atoms with E-state index in [4.69, 9.17) is 5.11 Å². The molecule has 0 fully saturated rings. The van der Waals surface area contributed by atoms with Gasteiger partial charge in [0.2, 0.25) is 0 Å². The topological polar surface area (TPSA) is 20.2 Å². The Balaban J connectivity index is 3.25. The number of allylic oxidation sites excluding steroid dienone is 2. The first-order valence-electron chi connectivity index (χ1n) is 3.23. The molecule has 0 saturated heterocycles. The molecule has 0 bridgehead atoms. The second kappa shape index (κ2) is 5.57. The Hall–Kier alpha value is -0.560. The Morgan fingerprint density at radius 2 is 2.33 bits per heavy atom. The summed E-state index contributed by atoms with van der Waals surface area (Å²) in [6.07, 6.45) is 6.83. The molecule has 1 N–H and O–H groups in total. The first kappa shape index (κ1) is 8.44. The molecule has 1 atom stereocenters. The van der Waals surface area contributed by atoms with E-state index in [-0.39, 0.29) is 6.10 Å². The quantitative estimate of drug-likeness (QED) is 0.570. The Bertz CT molecular complexity index is 94.7. The Labute approximate surface area is 56.7 Å². The molecule has 0 amide bonds. The van der Waals surface area contributed by atoms with Crippen LogP contribution in [0, 0.1) is 0 Å². The van der Waals surface area contributed by atoms with Gasteiger partial charge in [0.05, 0.1) is 6.10 Å². The van der Waals surface area contributed by atoms with E-state index < -0.39 is 0 Å². The van der Waals surface area contributed by atoms with Gasteiger partial charge in [-0.25, -0.2) is 0 Å². The van der Waals surface area contributed by atoms with Crippen LogP contribution in [0.2, 0.25) is 0 Å². The number of hydrogen-bond acceptors (Lipinski definition) is 1. The minimum Gasteiger partial charge on any atom is -0.389 e. The second-order valence-corrected chi connectivity index (χ2v) is 1.96. The van der Waals surface area contributed by atoms with Crippen LogP contribution in [-0.2, 0) is 0 Å². The lowest BCUT2D eigenvalue weighted by Crippen LogP contribution is -1.99. The molecule has 0 unspecified atom stereocenters. The fraction of sp³-hybridized carbons (Fsp3) is 0.500. The summed E-state index contributed by atoms with van der Waals surface area (Å²) in [5.41, 5.74) is 0. The van der Waals surface area contributed by atoms with Crippen LogP contribution in [0.3, 0.4) is 0 Å². The summed E-state index contributed by atoms with van der Waals surface area (Å²) in [6, 6.07) is 0. The van der Waals surface area contributed by atoms with E-state index in [1.54, 1.807) is 6.08 Å². The van der Waals surface area contributed by atoms with Crippen LogP contribution < -0.4 is 0 Å². The van der Waals surface area contributed by atoms with Crippen molar-refractivity contribution in [3.63, 3.8) is 0 Å². The third kappa shape index (κ3) is 5.31. The standard InChI is InChI=1S/C8H14O/c1-3-5-7-8(9)6-4-2/h3-4,6,8-9H,1,5,7H2,2H3/t8-/m1/s1. The molecule has 9 heavy (non-hydrogen) atoms. The van der Waals surface area contributed by atoms with Gasteiger partial charge in [-0.1, -0.05) is 18.2 Å². The highest BCUT2D eigenvalue weighted by atomic mass is 16.3. The van der Waals surface area contributed by atoms with Crippen LogP contribution in [0.15, 0.2) is 24.8 Å². The van der Waals surface area contributed by atoms with E-state index in [1.807, 2.05) is 19.1 Å². The van der Waals surface area contributed by atoms with Crippen LogP contribution in [0.4, 0.5) is 0 Å². The summed E-state index contributed by atoms with van der Waals surface area (Å²) in [7, 11) is 0. The van der Waals surface area contributed by atoms with Crippen molar-refractivity contribution in [2.24, 2.45) is 0 Å². The minimum absolute atomic E-state index is 0.284. The normalized spacial score (nSPS) is 14.0. The highest BCUT2D eigenvalue weighted by molar-refractivity contribution is 4.86. The lowest BCUT2D eigenvalue weighted by atomic mass is 10.2. The van der Waals surface area contributed by atoms with Gasteiger partial charge in [0.1, 0.15) is 0 Å². The molecule has 0 spiro atoms. The average molecular weight is 126 g/mol. The van der Waals surface area contributed by atoms with Gasteiger partial charge < -0.3 is 5.11 Å². The van der Waals surface area contributed by atoms with Crippen molar-refractivity contribution in [1.29, 1.82) is 0 Å². The van der Waals surface area contributed by atoms with Crippen molar-refractivity contribution in [3.05, 3.63) is 24.8 Å². The first-order chi connectivity index (χ1) is 4.31. The third-order valence-corrected chi connectivity index (χ3v) is 1.08. The van der Waals surface area contributed by atoms with Gasteiger partial charge in [0.25, 0.3) is 0 Å². The maximum atomic E-state index is 9.05. The molecule has 52 valence electrons. The number of hydrogen-bond donors (Lipinski definition) is 1. The molecule has 0 aromatic rings. The van der Waals surface area contributed by atoms with Crippen LogP contribution in [-0.4, -0.2) is 11.2 Å². The lowest BCUT2D eigenvalue weighted by molar-refractivity contribution is 0.214. The molecule has 0 aliphatic carbocycles. The Morgan fingerprint density at radius 3 is 2.78 bits per heavy atom. The van der Waals surface area contributed by atoms with Gasteiger partial charge in [-0.3, -0.25) is 0 Å². The van der Waals surface area contributed by atoms with Crippen molar-refractivity contribution < 1.29 is 5.11 Å². The summed E-state index contributed by atoms with van der Waals surface area (Å²) >= 11 is 0. The zero-order valence-corrected chi connectivity index (χ0v) is 5.88. The molecule has 0 saturated carbocycles. The Kier molecular flexibility index (Phi) is 5.23. The molecular weight excluding hydrogens is 112 g/mol. The monoisotopic (exact) mass is 126 g/mol. The van der Waals surface area contributed by atoms with Crippen molar-refractivity contribution >= 4 is 0 Å². The first-order valence-corrected chi connectivity index (χ1v) is 3.23. The molecule has 1 nitrogen and oxygen atoms in total. The number of rotatable bonds is 4. The van der Waals surface area contributed by atoms with Gasteiger partial charge in [-0.15, -0.1) is 6.58 Å². The summed E-state index contributed by atoms with van der Waals surface area (Å²) < 4.78 is 0. The van der Waals surface area contributed by atoms with E-state index >= 15 is 0 Å². The van der Waals surface area contributed by atoms with E-state index in [0.717, 1.165) is 12.8 Å². The molecule has 0 heterocycles. The second-order valence-electron chi connectivity index (χ2n) is 1.96. The predicted octanol–water partition coefficient (Wildman–Crippen LogP) is 1.89. The van der Waals surface area contributed by atoms with Gasteiger partial charge in [0.15, 0.2) is 0 Å². The van der Waals surface area contributed by atoms with Gasteiger partial charge in [0, 0.05) is 0 Å². The molecular formula is C8H14O. The summed E-state index contributed by atoms with van der Waals surface area (Å²) in [6.45, 7) is 5.46. The summed E-state index contributed by atoms with van der Waals surface area (Å²) in [5.74, 6) is 0. The minimum atomic E-state index is -0.284. The van der Waals surface area contributed by atoms with Crippen molar-refractivity contribution in [1.82, 2.24) is 0 Å². The fourth-order valence-corrected chi connectivity index (χ4v) is 0.607.